The van der Waals surface area contributed by atoms with E-state index in [1.807, 2.05) is 13.8 Å². The number of nitro groups is 1. The topological polar surface area (TPSA) is 80.5 Å². The Morgan fingerprint density at radius 3 is 1.86 bits per heavy atom. The van der Waals surface area contributed by atoms with Crippen molar-refractivity contribution in [1.29, 1.82) is 0 Å². The van der Waals surface area contributed by atoms with Gasteiger partial charge in [-0.05, 0) is 38.8 Å². The highest BCUT2D eigenvalue weighted by molar-refractivity contribution is 6.22. The van der Waals surface area contributed by atoms with Crippen LogP contribution in [0.25, 0.3) is 0 Å². The van der Waals surface area contributed by atoms with E-state index in [9.17, 15) is 19.7 Å². The number of carbonyl (C=O) groups excluding carboxylic acids is 2. The molecule has 6 nitrogen and oxygen atoms in total. The summed E-state index contributed by atoms with van der Waals surface area (Å²) in [4.78, 5) is 36.5. The zero-order chi connectivity index (χ0) is 16.0. The fraction of sp³-hybridized carbons (Fsp3) is 0.375. The molecule has 1 saturated heterocycles. The molecule has 1 aliphatic carbocycles. The second-order valence-corrected chi connectivity index (χ2v) is 5.97. The molecule has 1 aromatic carbocycles. The van der Waals surface area contributed by atoms with Crippen molar-refractivity contribution in [3.05, 3.63) is 45.5 Å². The summed E-state index contributed by atoms with van der Waals surface area (Å²) in [6.45, 7) is 4.00. The van der Waals surface area contributed by atoms with Crippen LogP contribution < -0.4 is 4.90 Å². The van der Waals surface area contributed by atoms with Crippen molar-refractivity contribution < 1.29 is 14.5 Å². The molecule has 1 fully saturated rings. The fourth-order valence-electron chi connectivity index (χ4n) is 3.23. The minimum Gasteiger partial charge on any atom is -0.274 e. The molecule has 0 aromatic heterocycles. The molecule has 0 saturated carbocycles. The number of non-ortho nitro benzene ring substituents is 1. The third kappa shape index (κ3) is 2.11. The molecule has 3 rings (SSSR count). The minimum atomic E-state index is -0.506. The zero-order valence-corrected chi connectivity index (χ0v) is 12.4. The van der Waals surface area contributed by atoms with Gasteiger partial charge in [0.25, 0.3) is 5.69 Å². The zero-order valence-electron chi connectivity index (χ0n) is 12.4. The van der Waals surface area contributed by atoms with Crippen molar-refractivity contribution in [2.24, 2.45) is 11.8 Å². The maximum Gasteiger partial charge on any atom is 0.269 e. The molecule has 0 N–H and O–H groups in total. The average Bonchev–Trinajstić information content (AvgIpc) is 2.72. The van der Waals surface area contributed by atoms with Crippen molar-refractivity contribution in [2.45, 2.75) is 26.7 Å². The molecule has 22 heavy (non-hydrogen) atoms. The summed E-state index contributed by atoms with van der Waals surface area (Å²) in [6.07, 6.45) is 1.23. The van der Waals surface area contributed by atoms with Gasteiger partial charge in [0, 0.05) is 12.1 Å². The summed E-state index contributed by atoms with van der Waals surface area (Å²) >= 11 is 0. The minimum absolute atomic E-state index is 0.0615. The summed E-state index contributed by atoms with van der Waals surface area (Å²) in [6, 6.07) is 5.54. The molecule has 2 aliphatic rings. The Hall–Kier alpha value is -2.50. The van der Waals surface area contributed by atoms with Crippen molar-refractivity contribution in [2.75, 3.05) is 4.90 Å². The first-order chi connectivity index (χ1) is 10.4. The monoisotopic (exact) mass is 300 g/mol. The number of hydrogen-bond donors (Lipinski definition) is 0. The molecule has 0 spiro atoms. The van der Waals surface area contributed by atoms with Gasteiger partial charge in [-0.15, -0.1) is 0 Å². The second-order valence-electron chi connectivity index (χ2n) is 5.97. The van der Waals surface area contributed by atoms with Gasteiger partial charge in [0.05, 0.1) is 22.4 Å². The van der Waals surface area contributed by atoms with E-state index in [4.69, 9.17) is 0 Å². The molecule has 0 radical (unpaired) electrons. The van der Waals surface area contributed by atoms with E-state index in [0.29, 0.717) is 18.5 Å². The molecule has 2 atom stereocenters. The van der Waals surface area contributed by atoms with Crippen molar-refractivity contribution >= 4 is 23.2 Å². The van der Waals surface area contributed by atoms with Gasteiger partial charge in [-0.2, -0.15) is 0 Å². The van der Waals surface area contributed by atoms with E-state index in [-0.39, 0.29) is 29.3 Å². The van der Waals surface area contributed by atoms with Crippen LogP contribution in [0.5, 0.6) is 0 Å². The lowest BCUT2D eigenvalue weighted by Gasteiger charge is -2.23. The van der Waals surface area contributed by atoms with Crippen LogP contribution in [0.2, 0.25) is 0 Å². The van der Waals surface area contributed by atoms with Gasteiger partial charge in [0.15, 0.2) is 0 Å². The molecule has 2 amide bonds. The lowest BCUT2D eigenvalue weighted by molar-refractivity contribution is -0.384. The summed E-state index contributed by atoms with van der Waals surface area (Å²) in [5.41, 5.74) is 2.69. The van der Waals surface area contributed by atoms with Crippen LogP contribution in [-0.4, -0.2) is 16.7 Å². The van der Waals surface area contributed by atoms with E-state index in [1.165, 1.54) is 40.3 Å². The lowest BCUT2D eigenvalue weighted by atomic mass is 9.78. The van der Waals surface area contributed by atoms with Gasteiger partial charge < -0.3 is 0 Å². The van der Waals surface area contributed by atoms with Crippen LogP contribution in [0.3, 0.4) is 0 Å². The number of allylic oxidation sites excluding steroid dienone is 2. The van der Waals surface area contributed by atoms with Gasteiger partial charge >= 0.3 is 0 Å². The maximum absolute atomic E-state index is 12.6. The maximum atomic E-state index is 12.6. The van der Waals surface area contributed by atoms with Gasteiger partial charge in [0.1, 0.15) is 0 Å². The quantitative estimate of drug-likeness (QED) is 0.364. The predicted octanol–water partition coefficient (Wildman–Crippen LogP) is 2.83. The second kappa shape index (κ2) is 5.05. The highest BCUT2D eigenvalue weighted by Crippen LogP contribution is 2.42. The van der Waals surface area contributed by atoms with Gasteiger partial charge in [0.2, 0.25) is 11.8 Å². The van der Waals surface area contributed by atoms with Crippen molar-refractivity contribution in [3.8, 4) is 0 Å². The molecule has 2 unspecified atom stereocenters. The van der Waals surface area contributed by atoms with Crippen LogP contribution >= 0.6 is 0 Å². The van der Waals surface area contributed by atoms with Crippen LogP contribution in [-0.2, 0) is 9.59 Å². The van der Waals surface area contributed by atoms with Crippen LogP contribution in [0, 0.1) is 22.0 Å². The first kappa shape index (κ1) is 14.4. The van der Waals surface area contributed by atoms with Crippen LogP contribution in [0.15, 0.2) is 35.4 Å². The number of imide groups is 1. The third-order valence-corrected chi connectivity index (χ3v) is 4.66. The first-order valence-electron chi connectivity index (χ1n) is 7.17. The van der Waals surface area contributed by atoms with E-state index in [1.54, 1.807) is 0 Å². The lowest BCUT2D eigenvalue weighted by Crippen LogP contribution is -2.30. The Morgan fingerprint density at radius 2 is 1.45 bits per heavy atom. The Bertz CT molecular complexity index is 673. The Morgan fingerprint density at radius 1 is 1.00 bits per heavy atom. The van der Waals surface area contributed by atoms with E-state index in [2.05, 4.69) is 0 Å². The summed E-state index contributed by atoms with van der Waals surface area (Å²) in [7, 11) is 0. The van der Waals surface area contributed by atoms with Crippen LogP contribution in [0.1, 0.15) is 26.7 Å². The fourth-order valence-corrected chi connectivity index (χ4v) is 3.23. The first-order valence-corrected chi connectivity index (χ1v) is 7.17. The molecule has 0 bridgehead atoms. The number of nitro benzene ring substituents is 1. The number of carbonyl (C=O) groups is 2. The molecule has 114 valence electrons. The molecule has 6 heteroatoms. The highest BCUT2D eigenvalue weighted by Gasteiger charge is 2.49. The molecular formula is C16H16N2O4. The number of rotatable bonds is 2. The summed E-state index contributed by atoms with van der Waals surface area (Å²) in [5, 5.41) is 10.7. The Balaban J connectivity index is 1.92. The predicted molar refractivity (Wildman–Crippen MR) is 80.2 cm³/mol. The Kier molecular flexibility index (Phi) is 3.31. The van der Waals surface area contributed by atoms with Gasteiger partial charge in [-0.1, -0.05) is 11.1 Å². The number of hydrogen-bond acceptors (Lipinski definition) is 4. The smallest absolute Gasteiger partial charge is 0.269 e. The van der Waals surface area contributed by atoms with Gasteiger partial charge in [-0.25, -0.2) is 0 Å². The molecule has 1 aromatic rings. The van der Waals surface area contributed by atoms with Crippen LogP contribution in [0.4, 0.5) is 11.4 Å². The van der Waals surface area contributed by atoms with Gasteiger partial charge in [-0.3, -0.25) is 24.6 Å². The third-order valence-electron chi connectivity index (χ3n) is 4.66. The number of benzene rings is 1. The highest BCUT2D eigenvalue weighted by atomic mass is 16.6. The van der Waals surface area contributed by atoms with E-state index >= 15 is 0 Å². The standard InChI is InChI=1S/C16H16N2O4/c1-9-7-13-14(8-10(9)2)16(20)17(15(13)19)11-3-5-12(6-4-11)18(21)22/h3-6,13-14H,7-8H2,1-2H3. The molecule has 1 heterocycles. The normalized spacial score (nSPS) is 24.7. The molecule has 1 aliphatic heterocycles. The number of anilines is 1. The number of fused-ring (bicyclic) bond motifs is 1. The Labute approximate surface area is 127 Å². The largest absolute Gasteiger partial charge is 0.274 e. The van der Waals surface area contributed by atoms with Crippen molar-refractivity contribution in [3.63, 3.8) is 0 Å². The van der Waals surface area contributed by atoms with E-state index < -0.39 is 4.92 Å². The number of nitrogens with zero attached hydrogens (tertiary/aromatic N) is 2. The summed E-state index contributed by atoms with van der Waals surface area (Å²) < 4.78 is 0. The SMILES string of the molecule is CC1=C(C)CC2C(=O)N(c3ccc([N+](=O)[O-])cc3)C(=O)C2C1. The molecular weight excluding hydrogens is 284 g/mol. The summed E-state index contributed by atoms with van der Waals surface area (Å²) in [5.74, 6) is -0.996. The van der Waals surface area contributed by atoms with E-state index in [0.717, 1.165) is 0 Å². The average molecular weight is 300 g/mol. The van der Waals surface area contributed by atoms with Crippen molar-refractivity contribution in [1.82, 2.24) is 0 Å². The number of amides is 2.